The van der Waals surface area contributed by atoms with Crippen LogP contribution in [0.5, 0.6) is 0 Å². The fourth-order valence-corrected chi connectivity index (χ4v) is 3.64. The maximum atomic E-state index is 12.5. The molecule has 4 heterocycles. The molecule has 152 valence electrons. The standard InChI is InChI=1S/C22H27N5O2/c1-16-15-25(12-13-26(16)21(28)29-22(2,3)4)20-10-7-8-18(24-20)17-14-23-27-11-6-5-9-19(17)27/h5-11,14,16H,12-13,15H2,1-4H3/t16-/m0/s1. The maximum absolute atomic E-state index is 12.5. The number of pyridine rings is 2. The number of hydrogen-bond donors (Lipinski definition) is 0. The van der Waals surface area contributed by atoms with E-state index in [1.165, 1.54) is 0 Å². The van der Waals surface area contributed by atoms with Crippen LogP contribution in [0.3, 0.4) is 0 Å². The number of aromatic nitrogens is 3. The molecule has 0 N–H and O–H groups in total. The summed E-state index contributed by atoms with van der Waals surface area (Å²) in [5.41, 5.74) is 2.44. The molecule has 1 fully saturated rings. The number of amides is 1. The lowest BCUT2D eigenvalue weighted by atomic mass is 10.1. The summed E-state index contributed by atoms with van der Waals surface area (Å²) in [6.07, 6.45) is 3.53. The van der Waals surface area contributed by atoms with Crippen LogP contribution in [-0.2, 0) is 4.74 Å². The highest BCUT2D eigenvalue weighted by molar-refractivity contribution is 5.78. The third-order valence-electron chi connectivity index (χ3n) is 5.02. The van der Waals surface area contributed by atoms with Crippen LogP contribution in [0.15, 0.2) is 48.8 Å². The van der Waals surface area contributed by atoms with Gasteiger partial charge in [0.15, 0.2) is 0 Å². The number of rotatable bonds is 2. The van der Waals surface area contributed by atoms with Gasteiger partial charge in [0.2, 0.25) is 0 Å². The van der Waals surface area contributed by atoms with Gasteiger partial charge >= 0.3 is 6.09 Å². The molecule has 1 saturated heterocycles. The molecule has 4 rings (SSSR count). The van der Waals surface area contributed by atoms with Gasteiger partial charge in [-0.2, -0.15) is 5.10 Å². The molecule has 3 aromatic rings. The molecular formula is C22H27N5O2. The van der Waals surface area contributed by atoms with Crippen molar-refractivity contribution in [1.82, 2.24) is 19.5 Å². The molecule has 1 amide bonds. The van der Waals surface area contributed by atoms with Crippen LogP contribution in [0.1, 0.15) is 27.7 Å². The highest BCUT2D eigenvalue weighted by Gasteiger charge is 2.31. The van der Waals surface area contributed by atoms with E-state index >= 15 is 0 Å². The van der Waals surface area contributed by atoms with Crippen LogP contribution in [0.25, 0.3) is 16.8 Å². The first-order chi connectivity index (χ1) is 13.8. The highest BCUT2D eigenvalue weighted by Crippen LogP contribution is 2.26. The third-order valence-corrected chi connectivity index (χ3v) is 5.02. The first-order valence-corrected chi connectivity index (χ1v) is 9.96. The smallest absolute Gasteiger partial charge is 0.410 e. The van der Waals surface area contributed by atoms with Gasteiger partial charge in [-0.1, -0.05) is 12.1 Å². The SMILES string of the molecule is C[C@H]1CN(c2cccc(-c3cnn4ccccc34)n2)CCN1C(=O)OC(C)(C)C. The zero-order valence-electron chi connectivity index (χ0n) is 17.4. The van der Waals surface area contributed by atoms with Crippen molar-refractivity contribution < 1.29 is 9.53 Å². The maximum Gasteiger partial charge on any atom is 0.410 e. The topological polar surface area (TPSA) is 63.0 Å². The second-order valence-corrected chi connectivity index (χ2v) is 8.44. The minimum Gasteiger partial charge on any atom is -0.444 e. The van der Waals surface area contributed by atoms with Gasteiger partial charge < -0.3 is 14.5 Å². The number of carbonyl (C=O) groups is 1. The average Bonchev–Trinajstić information content (AvgIpc) is 3.11. The molecule has 7 heteroatoms. The first-order valence-electron chi connectivity index (χ1n) is 9.96. The monoisotopic (exact) mass is 393 g/mol. The van der Waals surface area contributed by atoms with Gasteiger partial charge in [0.1, 0.15) is 11.4 Å². The molecule has 1 aliphatic heterocycles. The largest absolute Gasteiger partial charge is 0.444 e. The van der Waals surface area contributed by atoms with E-state index in [9.17, 15) is 4.79 Å². The Kier molecular flexibility index (Phi) is 4.90. The second-order valence-electron chi connectivity index (χ2n) is 8.44. The minimum atomic E-state index is -0.488. The van der Waals surface area contributed by atoms with Crippen molar-refractivity contribution in [2.24, 2.45) is 0 Å². The van der Waals surface area contributed by atoms with Gasteiger partial charge in [0.25, 0.3) is 0 Å². The Labute approximate surface area is 170 Å². The zero-order chi connectivity index (χ0) is 20.6. The summed E-state index contributed by atoms with van der Waals surface area (Å²) < 4.78 is 7.39. The third kappa shape index (κ3) is 4.04. The van der Waals surface area contributed by atoms with Crippen molar-refractivity contribution in [3.05, 3.63) is 48.8 Å². The van der Waals surface area contributed by atoms with E-state index in [-0.39, 0.29) is 12.1 Å². The summed E-state index contributed by atoms with van der Waals surface area (Å²) in [4.78, 5) is 21.4. The lowest BCUT2D eigenvalue weighted by molar-refractivity contribution is 0.0158. The van der Waals surface area contributed by atoms with E-state index in [1.807, 2.05) is 81.0 Å². The molecule has 0 bridgehead atoms. The molecule has 29 heavy (non-hydrogen) atoms. The zero-order valence-corrected chi connectivity index (χ0v) is 17.4. The lowest BCUT2D eigenvalue weighted by Crippen LogP contribution is -2.55. The van der Waals surface area contributed by atoms with Crippen LogP contribution >= 0.6 is 0 Å². The molecule has 0 unspecified atom stereocenters. The Bertz CT molecular complexity index is 1020. The highest BCUT2D eigenvalue weighted by atomic mass is 16.6. The summed E-state index contributed by atoms with van der Waals surface area (Å²) >= 11 is 0. The quantitative estimate of drug-likeness (QED) is 0.662. The average molecular weight is 393 g/mol. The Morgan fingerprint density at radius 2 is 1.97 bits per heavy atom. The summed E-state index contributed by atoms with van der Waals surface area (Å²) in [5.74, 6) is 0.911. The summed E-state index contributed by atoms with van der Waals surface area (Å²) in [5, 5.41) is 4.41. The minimum absolute atomic E-state index is 0.0426. The molecule has 0 saturated carbocycles. The summed E-state index contributed by atoms with van der Waals surface area (Å²) in [7, 11) is 0. The molecule has 0 radical (unpaired) electrons. The summed E-state index contributed by atoms with van der Waals surface area (Å²) in [6.45, 7) is 9.76. The Morgan fingerprint density at radius 3 is 2.72 bits per heavy atom. The van der Waals surface area contributed by atoms with E-state index in [0.717, 1.165) is 29.1 Å². The van der Waals surface area contributed by atoms with E-state index in [4.69, 9.17) is 9.72 Å². The second kappa shape index (κ2) is 7.39. The van der Waals surface area contributed by atoms with Crippen LogP contribution in [0, 0.1) is 0 Å². The lowest BCUT2D eigenvalue weighted by Gasteiger charge is -2.40. The number of ether oxygens (including phenoxy) is 1. The van der Waals surface area contributed by atoms with Crippen molar-refractivity contribution >= 4 is 17.4 Å². The van der Waals surface area contributed by atoms with Crippen LogP contribution < -0.4 is 4.90 Å². The van der Waals surface area contributed by atoms with Crippen molar-refractivity contribution in [2.45, 2.75) is 39.3 Å². The van der Waals surface area contributed by atoms with E-state index in [2.05, 4.69) is 10.00 Å². The van der Waals surface area contributed by atoms with E-state index in [1.54, 1.807) is 4.90 Å². The van der Waals surface area contributed by atoms with Gasteiger partial charge in [0, 0.05) is 37.4 Å². The van der Waals surface area contributed by atoms with Crippen LogP contribution in [0.2, 0.25) is 0 Å². The Morgan fingerprint density at radius 1 is 1.14 bits per heavy atom. The summed E-state index contributed by atoms with van der Waals surface area (Å²) in [6, 6.07) is 12.1. The Balaban J connectivity index is 1.52. The van der Waals surface area contributed by atoms with Crippen molar-refractivity contribution in [2.75, 3.05) is 24.5 Å². The number of fused-ring (bicyclic) bond motifs is 1. The van der Waals surface area contributed by atoms with Crippen LogP contribution in [0.4, 0.5) is 10.6 Å². The van der Waals surface area contributed by atoms with E-state index in [0.29, 0.717) is 13.1 Å². The Hall–Kier alpha value is -3.09. The van der Waals surface area contributed by atoms with Crippen molar-refractivity contribution in [3.8, 4) is 11.3 Å². The predicted octanol–water partition coefficient (Wildman–Crippen LogP) is 3.84. The normalized spacial score (nSPS) is 17.6. The molecule has 0 aromatic carbocycles. The number of hydrogen-bond acceptors (Lipinski definition) is 5. The van der Waals surface area contributed by atoms with Crippen molar-refractivity contribution in [3.63, 3.8) is 0 Å². The van der Waals surface area contributed by atoms with Crippen LogP contribution in [-0.4, -0.2) is 56.9 Å². The number of anilines is 1. The molecular weight excluding hydrogens is 366 g/mol. The van der Waals surface area contributed by atoms with Gasteiger partial charge in [-0.15, -0.1) is 0 Å². The molecule has 7 nitrogen and oxygen atoms in total. The van der Waals surface area contributed by atoms with E-state index < -0.39 is 5.60 Å². The van der Waals surface area contributed by atoms with Gasteiger partial charge in [-0.25, -0.2) is 14.3 Å². The fraction of sp³-hybridized carbons (Fsp3) is 0.409. The van der Waals surface area contributed by atoms with Crippen molar-refractivity contribution in [1.29, 1.82) is 0 Å². The molecule has 1 aliphatic rings. The predicted molar refractivity (Wildman–Crippen MR) is 113 cm³/mol. The molecule has 0 aliphatic carbocycles. The van der Waals surface area contributed by atoms with Gasteiger partial charge in [-0.3, -0.25) is 0 Å². The van der Waals surface area contributed by atoms with Gasteiger partial charge in [0.05, 0.1) is 17.4 Å². The molecule has 3 aromatic heterocycles. The molecule has 0 spiro atoms. The first kappa shape index (κ1) is 19.2. The molecule has 1 atom stereocenters. The number of carbonyl (C=O) groups excluding carboxylic acids is 1. The van der Waals surface area contributed by atoms with Gasteiger partial charge in [-0.05, 0) is 52.0 Å². The number of nitrogens with zero attached hydrogens (tertiary/aromatic N) is 5. The fourth-order valence-electron chi connectivity index (χ4n) is 3.64. The number of piperazine rings is 1.